The first kappa shape index (κ1) is 29.2. The minimum atomic E-state index is -0.578. The Morgan fingerprint density at radius 1 is 0.842 bits per heavy atom. The van der Waals surface area contributed by atoms with Gasteiger partial charge in [0, 0.05) is 40.1 Å². The summed E-state index contributed by atoms with van der Waals surface area (Å²) in [5.41, 5.74) is 2.91. The zero-order valence-corrected chi connectivity index (χ0v) is 22.8. The van der Waals surface area contributed by atoms with Crippen molar-refractivity contribution in [1.29, 1.82) is 0 Å². The zero-order valence-electron chi connectivity index (χ0n) is 22.8. The third-order valence-electron chi connectivity index (χ3n) is 5.60. The highest BCUT2D eigenvalue weighted by Crippen LogP contribution is 2.46. The molecule has 0 fully saturated rings. The first-order chi connectivity index (χ1) is 18.4. The van der Waals surface area contributed by atoms with Crippen LogP contribution in [0.5, 0.6) is 28.7 Å². The molecule has 0 aromatic heterocycles. The van der Waals surface area contributed by atoms with Gasteiger partial charge in [-0.25, -0.2) is 0 Å². The zero-order chi connectivity index (χ0) is 27.5. The molecule has 1 aliphatic heterocycles. The van der Waals surface area contributed by atoms with E-state index in [4.69, 9.17) is 42.6 Å². The molecule has 0 saturated heterocycles. The molecule has 0 spiro atoms. The van der Waals surface area contributed by atoms with Crippen LogP contribution in [0.3, 0.4) is 0 Å². The summed E-state index contributed by atoms with van der Waals surface area (Å²) in [5.74, 6) is 2.01. The second kappa shape index (κ2) is 14.6. The normalized spacial score (nSPS) is 14.4. The molecule has 1 aliphatic rings. The summed E-state index contributed by atoms with van der Waals surface area (Å²) in [6.07, 6.45) is 2.05. The highest BCUT2D eigenvalue weighted by atomic mass is 16.7. The van der Waals surface area contributed by atoms with Gasteiger partial charge in [0.25, 0.3) is 0 Å². The molecule has 10 nitrogen and oxygen atoms in total. The summed E-state index contributed by atoms with van der Waals surface area (Å²) in [7, 11) is 6.11. The second-order valence-corrected chi connectivity index (χ2v) is 8.68. The maximum atomic E-state index is 13.6. The van der Waals surface area contributed by atoms with E-state index in [-0.39, 0.29) is 39.4 Å². The van der Waals surface area contributed by atoms with E-state index in [1.165, 1.54) is 28.4 Å². The van der Waals surface area contributed by atoms with Crippen molar-refractivity contribution in [3.63, 3.8) is 0 Å². The molecule has 2 aromatic rings. The highest BCUT2D eigenvalue weighted by molar-refractivity contribution is 6.03. The lowest BCUT2D eigenvalue weighted by atomic mass is 9.92. The second-order valence-electron chi connectivity index (χ2n) is 8.68. The van der Waals surface area contributed by atoms with E-state index in [0.717, 1.165) is 11.1 Å². The predicted octanol–water partition coefficient (Wildman–Crippen LogP) is 4.83. The Hall–Kier alpha value is -3.31. The number of ether oxygens (including phenoxy) is 9. The van der Waals surface area contributed by atoms with Gasteiger partial charge in [-0.1, -0.05) is 17.7 Å². The molecule has 0 bridgehead atoms. The third-order valence-corrected chi connectivity index (χ3v) is 5.60. The molecular formula is C28H36O10. The van der Waals surface area contributed by atoms with E-state index >= 15 is 0 Å². The number of ketones is 1. The molecule has 0 saturated carbocycles. The van der Waals surface area contributed by atoms with Gasteiger partial charge in [0.05, 0.1) is 6.42 Å². The minimum Gasteiger partial charge on any atom is -0.484 e. The average Bonchev–Trinajstić information content (AvgIpc) is 2.91. The highest BCUT2D eigenvalue weighted by Gasteiger charge is 2.34. The van der Waals surface area contributed by atoms with Crippen molar-refractivity contribution in [2.24, 2.45) is 0 Å². The van der Waals surface area contributed by atoms with Crippen LogP contribution in [0.1, 0.15) is 47.9 Å². The fourth-order valence-corrected chi connectivity index (χ4v) is 3.89. The van der Waals surface area contributed by atoms with Crippen molar-refractivity contribution in [3.8, 4) is 28.7 Å². The summed E-state index contributed by atoms with van der Waals surface area (Å²) >= 11 is 0. The van der Waals surface area contributed by atoms with Gasteiger partial charge >= 0.3 is 0 Å². The molecule has 0 N–H and O–H groups in total. The summed E-state index contributed by atoms with van der Waals surface area (Å²) in [6.45, 7) is 4.05. The Morgan fingerprint density at radius 3 is 2.08 bits per heavy atom. The number of allylic oxidation sites excluding steroid dienone is 2. The van der Waals surface area contributed by atoms with E-state index in [0.29, 0.717) is 46.3 Å². The first-order valence-corrected chi connectivity index (χ1v) is 12.1. The molecule has 10 heteroatoms. The smallest absolute Gasteiger partial charge is 0.188 e. The van der Waals surface area contributed by atoms with Gasteiger partial charge in [-0.15, -0.1) is 0 Å². The number of carbonyl (C=O) groups excluding carboxylic acids is 1. The number of carbonyl (C=O) groups is 1. The third kappa shape index (κ3) is 7.38. The molecule has 38 heavy (non-hydrogen) atoms. The molecule has 1 atom stereocenters. The van der Waals surface area contributed by atoms with Crippen molar-refractivity contribution in [2.75, 3.05) is 55.6 Å². The van der Waals surface area contributed by atoms with E-state index in [1.807, 2.05) is 26.0 Å². The summed E-state index contributed by atoms with van der Waals surface area (Å²) in [4.78, 5) is 13.6. The minimum absolute atomic E-state index is 0.0187. The van der Waals surface area contributed by atoms with E-state index < -0.39 is 6.10 Å². The van der Waals surface area contributed by atoms with E-state index in [9.17, 15) is 4.79 Å². The van der Waals surface area contributed by atoms with Crippen molar-refractivity contribution in [3.05, 3.63) is 52.6 Å². The molecule has 2 aromatic carbocycles. The summed E-state index contributed by atoms with van der Waals surface area (Å²) in [6, 6.07) is 7.04. The number of benzene rings is 2. The maximum absolute atomic E-state index is 13.6. The number of rotatable bonds is 15. The molecule has 1 heterocycles. The lowest BCUT2D eigenvalue weighted by Gasteiger charge is -2.29. The molecule has 0 radical (unpaired) electrons. The summed E-state index contributed by atoms with van der Waals surface area (Å²) in [5, 5.41) is 0. The fourth-order valence-electron chi connectivity index (χ4n) is 3.89. The van der Waals surface area contributed by atoms with Crippen LogP contribution in [0, 0.1) is 0 Å². The number of fused-ring (bicyclic) bond motifs is 1. The van der Waals surface area contributed by atoms with Crippen LogP contribution in [-0.4, -0.2) is 61.4 Å². The lowest BCUT2D eigenvalue weighted by Crippen LogP contribution is -2.23. The van der Waals surface area contributed by atoms with E-state index in [1.54, 1.807) is 18.2 Å². The van der Waals surface area contributed by atoms with E-state index in [2.05, 4.69) is 0 Å². The van der Waals surface area contributed by atoms with Gasteiger partial charge in [-0.3, -0.25) is 4.79 Å². The molecule has 0 amide bonds. The first-order valence-electron chi connectivity index (χ1n) is 12.1. The Bertz CT molecular complexity index is 1110. The predicted molar refractivity (Wildman–Crippen MR) is 138 cm³/mol. The topological polar surface area (TPSA) is 100 Å². The van der Waals surface area contributed by atoms with Gasteiger partial charge in [-0.2, -0.15) is 0 Å². The van der Waals surface area contributed by atoms with Crippen LogP contribution in [0.4, 0.5) is 0 Å². The number of hydrogen-bond acceptors (Lipinski definition) is 10. The van der Waals surface area contributed by atoms with Gasteiger partial charge in [0.1, 0.15) is 28.9 Å². The van der Waals surface area contributed by atoms with Crippen LogP contribution < -0.4 is 23.7 Å². The molecular weight excluding hydrogens is 496 g/mol. The number of hydrogen-bond donors (Lipinski definition) is 0. The monoisotopic (exact) mass is 532 g/mol. The van der Waals surface area contributed by atoms with Crippen molar-refractivity contribution in [2.45, 2.75) is 32.8 Å². The van der Waals surface area contributed by atoms with Gasteiger partial charge in [0.15, 0.2) is 44.5 Å². The Labute approximate surface area is 223 Å². The molecule has 208 valence electrons. The van der Waals surface area contributed by atoms with Crippen LogP contribution in [0.25, 0.3) is 0 Å². The number of methoxy groups -OCH3 is 4. The quantitative estimate of drug-likeness (QED) is 0.234. The Balaban J connectivity index is 2.04. The SMILES string of the molecule is COCOc1ccc([C@@H]2CC(=O)c3c(cc(OCOC)c(CC=C(C)C)c3OCOC)O2)cc1OCOC. The van der Waals surface area contributed by atoms with Gasteiger partial charge in [0.2, 0.25) is 0 Å². The van der Waals surface area contributed by atoms with Crippen molar-refractivity contribution >= 4 is 5.78 Å². The Kier molecular flexibility index (Phi) is 11.2. The molecule has 0 aliphatic carbocycles. The van der Waals surface area contributed by atoms with Gasteiger partial charge < -0.3 is 42.6 Å². The number of Topliss-reactive ketones (excluding diaryl/α,β-unsaturated/α-hetero) is 1. The van der Waals surface area contributed by atoms with Crippen molar-refractivity contribution < 1.29 is 47.4 Å². The van der Waals surface area contributed by atoms with Crippen LogP contribution in [0.2, 0.25) is 0 Å². The van der Waals surface area contributed by atoms with Crippen LogP contribution >= 0.6 is 0 Å². The van der Waals surface area contributed by atoms with Crippen LogP contribution in [0.15, 0.2) is 35.9 Å². The maximum Gasteiger partial charge on any atom is 0.188 e. The molecule has 3 rings (SSSR count). The average molecular weight is 533 g/mol. The molecule has 0 unspecified atom stereocenters. The largest absolute Gasteiger partial charge is 0.484 e. The standard InChI is InChI=1S/C28H36O10/c1-18(2)7-9-20-24(35-15-31-4)13-26-27(28(20)37-17-33-6)21(29)12-23(38-26)19-8-10-22(34-14-30-3)25(11-19)36-16-32-5/h7-8,10-11,13,23H,9,12,14-17H2,1-6H3/t23-/m0/s1. The van der Waals surface area contributed by atoms with Crippen LogP contribution in [-0.2, 0) is 25.4 Å². The van der Waals surface area contributed by atoms with Crippen molar-refractivity contribution in [1.82, 2.24) is 0 Å². The van der Waals surface area contributed by atoms with Gasteiger partial charge in [-0.05, 0) is 38.0 Å². The lowest BCUT2D eigenvalue weighted by molar-refractivity contribution is 0.0320. The fraction of sp³-hybridized carbons (Fsp3) is 0.464. The summed E-state index contributed by atoms with van der Waals surface area (Å²) < 4.78 is 49.8. The Morgan fingerprint density at radius 2 is 1.45 bits per heavy atom.